The van der Waals surface area contributed by atoms with Crippen molar-refractivity contribution in [2.24, 2.45) is 5.92 Å². The maximum absolute atomic E-state index is 12.1. The second-order valence-corrected chi connectivity index (χ2v) is 10.9. The Balaban J connectivity index is 2.30. The number of ketones is 1. The Labute approximate surface area is 125 Å². The summed E-state index contributed by atoms with van der Waals surface area (Å²) >= 11 is 0. The van der Waals surface area contributed by atoms with E-state index in [4.69, 9.17) is 4.43 Å². The number of benzene rings is 1. The molecule has 0 N–H and O–H groups in total. The molecule has 114 valence electrons. The van der Waals surface area contributed by atoms with E-state index in [0.717, 1.165) is 18.4 Å². The molecule has 2 unspecified atom stereocenters. The zero-order chi connectivity index (χ0) is 15.6. The fourth-order valence-corrected chi connectivity index (χ4v) is 3.77. The van der Waals surface area contributed by atoms with Gasteiger partial charge in [0.25, 0.3) is 5.69 Å². The fraction of sp³-hybridized carbons (Fsp3) is 0.533. The van der Waals surface area contributed by atoms with E-state index in [1.807, 2.05) is 0 Å². The summed E-state index contributed by atoms with van der Waals surface area (Å²) in [4.78, 5) is 22.4. The summed E-state index contributed by atoms with van der Waals surface area (Å²) in [5.41, 5.74) is 0.923. The molecule has 1 aliphatic rings. The standard InChI is InChI=1S/C15H21NO4Si/c1-21(2,3)20-15(13-5-4-6-14(13)17)11-7-9-12(10-8-11)16(18)19/h7-10,13,15H,4-6H2,1-3H3. The van der Waals surface area contributed by atoms with E-state index in [2.05, 4.69) is 19.6 Å². The molecule has 0 radical (unpaired) electrons. The molecule has 0 heterocycles. The van der Waals surface area contributed by atoms with E-state index >= 15 is 0 Å². The normalized spacial score (nSPS) is 20.5. The minimum Gasteiger partial charge on any atom is -0.410 e. The molecule has 1 fully saturated rings. The molecule has 1 aromatic carbocycles. The predicted octanol–water partition coefficient (Wildman–Crippen LogP) is 3.86. The first-order chi connectivity index (χ1) is 9.78. The number of hydrogen-bond acceptors (Lipinski definition) is 4. The number of hydrogen-bond donors (Lipinski definition) is 0. The summed E-state index contributed by atoms with van der Waals surface area (Å²) in [6.07, 6.45) is 2.09. The highest BCUT2D eigenvalue weighted by Gasteiger charge is 2.36. The molecule has 0 spiro atoms. The van der Waals surface area contributed by atoms with E-state index in [0.29, 0.717) is 6.42 Å². The number of carbonyl (C=O) groups is 1. The van der Waals surface area contributed by atoms with Crippen LogP contribution in [-0.4, -0.2) is 19.0 Å². The van der Waals surface area contributed by atoms with Crippen molar-refractivity contribution in [3.63, 3.8) is 0 Å². The van der Waals surface area contributed by atoms with Crippen LogP contribution in [-0.2, 0) is 9.22 Å². The average Bonchev–Trinajstić information content (AvgIpc) is 2.81. The lowest BCUT2D eigenvalue weighted by Crippen LogP contribution is -2.32. The number of non-ortho nitro benzene ring substituents is 1. The van der Waals surface area contributed by atoms with Crippen LogP contribution < -0.4 is 0 Å². The van der Waals surface area contributed by atoms with Gasteiger partial charge in [-0.25, -0.2) is 0 Å². The zero-order valence-electron chi connectivity index (χ0n) is 12.7. The smallest absolute Gasteiger partial charge is 0.269 e. The minimum absolute atomic E-state index is 0.0586. The molecule has 1 aromatic rings. The van der Waals surface area contributed by atoms with Crippen LogP contribution in [0.15, 0.2) is 24.3 Å². The monoisotopic (exact) mass is 307 g/mol. The zero-order valence-corrected chi connectivity index (χ0v) is 13.7. The maximum atomic E-state index is 12.1. The average molecular weight is 307 g/mol. The first kappa shape index (κ1) is 15.8. The number of Topliss-reactive ketones (excluding diaryl/α,β-unsaturated/α-hetero) is 1. The lowest BCUT2D eigenvalue weighted by molar-refractivity contribution is -0.384. The molecule has 0 amide bonds. The van der Waals surface area contributed by atoms with Crippen molar-refractivity contribution < 1.29 is 14.1 Å². The van der Waals surface area contributed by atoms with E-state index in [1.54, 1.807) is 12.1 Å². The number of nitrogens with zero attached hydrogens (tertiary/aromatic N) is 1. The van der Waals surface area contributed by atoms with Crippen LogP contribution >= 0.6 is 0 Å². The number of rotatable bonds is 5. The Morgan fingerprint density at radius 3 is 2.33 bits per heavy atom. The van der Waals surface area contributed by atoms with Gasteiger partial charge in [-0.15, -0.1) is 0 Å². The van der Waals surface area contributed by atoms with Crippen molar-refractivity contribution in [1.82, 2.24) is 0 Å². The van der Waals surface area contributed by atoms with Gasteiger partial charge in [0.1, 0.15) is 5.78 Å². The molecule has 0 saturated heterocycles. The van der Waals surface area contributed by atoms with Crippen LogP contribution in [0.25, 0.3) is 0 Å². The van der Waals surface area contributed by atoms with Gasteiger partial charge in [0, 0.05) is 24.5 Å². The van der Waals surface area contributed by atoms with Gasteiger partial charge in [0.15, 0.2) is 8.32 Å². The Hall–Kier alpha value is -1.53. The van der Waals surface area contributed by atoms with Crippen LogP contribution in [0.1, 0.15) is 30.9 Å². The summed E-state index contributed by atoms with van der Waals surface area (Å²) in [7, 11) is -1.82. The molecule has 2 atom stereocenters. The first-order valence-corrected chi connectivity index (χ1v) is 10.6. The number of nitro benzene ring substituents is 1. The van der Waals surface area contributed by atoms with Crippen LogP contribution in [0.5, 0.6) is 0 Å². The van der Waals surface area contributed by atoms with Crippen molar-refractivity contribution in [2.75, 3.05) is 0 Å². The Bertz CT molecular complexity index is 536. The highest BCUT2D eigenvalue weighted by Crippen LogP contribution is 2.38. The maximum Gasteiger partial charge on any atom is 0.269 e. The SMILES string of the molecule is C[Si](C)(C)OC(c1ccc([N+](=O)[O-])cc1)C1CCCC1=O. The molecule has 5 nitrogen and oxygen atoms in total. The molecule has 1 saturated carbocycles. The largest absolute Gasteiger partial charge is 0.410 e. The van der Waals surface area contributed by atoms with Crippen molar-refractivity contribution in [3.05, 3.63) is 39.9 Å². The highest BCUT2D eigenvalue weighted by molar-refractivity contribution is 6.69. The van der Waals surface area contributed by atoms with E-state index in [-0.39, 0.29) is 23.5 Å². The Morgan fingerprint density at radius 2 is 1.90 bits per heavy atom. The fourth-order valence-electron chi connectivity index (χ4n) is 2.71. The van der Waals surface area contributed by atoms with Crippen molar-refractivity contribution in [1.29, 1.82) is 0 Å². The molecule has 0 aromatic heterocycles. The van der Waals surface area contributed by atoms with Crippen molar-refractivity contribution in [2.45, 2.75) is 45.0 Å². The van der Waals surface area contributed by atoms with Gasteiger partial charge in [-0.1, -0.05) is 0 Å². The van der Waals surface area contributed by atoms with Crippen LogP contribution in [0, 0.1) is 16.0 Å². The Kier molecular flexibility index (Phi) is 4.58. The molecular formula is C15H21NO4Si. The summed E-state index contributed by atoms with van der Waals surface area (Å²) in [5, 5.41) is 10.7. The molecule has 0 aliphatic heterocycles. The van der Waals surface area contributed by atoms with E-state index in [1.165, 1.54) is 12.1 Å². The van der Waals surface area contributed by atoms with Crippen LogP contribution in [0.2, 0.25) is 19.6 Å². The van der Waals surface area contributed by atoms with E-state index < -0.39 is 13.2 Å². The highest BCUT2D eigenvalue weighted by atomic mass is 28.4. The van der Waals surface area contributed by atoms with Gasteiger partial charge in [-0.2, -0.15) is 0 Å². The van der Waals surface area contributed by atoms with E-state index in [9.17, 15) is 14.9 Å². The van der Waals surface area contributed by atoms with Gasteiger partial charge < -0.3 is 4.43 Å². The number of nitro groups is 1. The molecular weight excluding hydrogens is 286 g/mol. The second kappa shape index (κ2) is 6.07. The van der Waals surface area contributed by atoms with Crippen LogP contribution in [0.3, 0.4) is 0 Å². The van der Waals surface area contributed by atoms with Crippen molar-refractivity contribution in [3.8, 4) is 0 Å². The molecule has 6 heteroatoms. The quantitative estimate of drug-likeness (QED) is 0.470. The lowest BCUT2D eigenvalue weighted by Gasteiger charge is -2.30. The third kappa shape index (κ3) is 3.98. The van der Waals surface area contributed by atoms with Gasteiger partial charge >= 0.3 is 0 Å². The third-order valence-electron chi connectivity index (χ3n) is 3.63. The molecule has 1 aliphatic carbocycles. The molecule has 2 rings (SSSR count). The summed E-state index contributed by atoms with van der Waals surface area (Å²) in [5.74, 6) is 0.134. The number of carbonyl (C=O) groups excluding carboxylic acids is 1. The lowest BCUT2D eigenvalue weighted by atomic mass is 9.93. The van der Waals surface area contributed by atoms with Gasteiger partial charge in [0.05, 0.1) is 11.0 Å². The van der Waals surface area contributed by atoms with Crippen LogP contribution in [0.4, 0.5) is 5.69 Å². The van der Waals surface area contributed by atoms with Gasteiger partial charge in [-0.05, 0) is 50.2 Å². The van der Waals surface area contributed by atoms with Gasteiger partial charge in [-0.3, -0.25) is 14.9 Å². The molecule has 21 heavy (non-hydrogen) atoms. The van der Waals surface area contributed by atoms with Crippen molar-refractivity contribution >= 4 is 19.8 Å². The first-order valence-electron chi connectivity index (χ1n) is 7.23. The summed E-state index contributed by atoms with van der Waals surface area (Å²) in [6, 6.07) is 6.40. The molecule has 0 bridgehead atoms. The summed E-state index contributed by atoms with van der Waals surface area (Å²) < 4.78 is 6.23. The minimum atomic E-state index is -1.82. The third-order valence-corrected chi connectivity index (χ3v) is 4.59. The Morgan fingerprint density at radius 1 is 1.29 bits per heavy atom. The van der Waals surface area contributed by atoms with Gasteiger partial charge in [0.2, 0.25) is 0 Å². The second-order valence-electron chi connectivity index (χ2n) is 6.46. The summed E-state index contributed by atoms with van der Waals surface area (Å²) in [6.45, 7) is 6.26. The predicted molar refractivity (Wildman–Crippen MR) is 82.6 cm³/mol. The topological polar surface area (TPSA) is 69.4 Å².